The molecule has 2 aromatic heterocycles. The normalized spacial score (nSPS) is 19.1. The van der Waals surface area contributed by atoms with E-state index < -0.39 is 29.4 Å². The van der Waals surface area contributed by atoms with Crippen LogP contribution in [-0.2, 0) is 27.2 Å². The number of amides is 2. The zero-order chi connectivity index (χ0) is 30.6. The molecule has 2 unspecified atom stereocenters. The predicted octanol–water partition coefficient (Wildman–Crippen LogP) is 6.46. The number of aryl methyl sites for hydroxylation is 1. The number of fused-ring (bicyclic) bond motifs is 2. The molecular weight excluding hydrogens is 549 g/mol. The number of halogens is 3. The van der Waals surface area contributed by atoms with Crippen LogP contribution in [0.25, 0.3) is 22.2 Å². The van der Waals surface area contributed by atoms with Gasteiger partial charge in [-0.3, -0.25) is 4.79 Å². The van der Waals surface area contributed by atoms with Crippen molar-refractivity contribution >= 4 is 23.0 Å². The molecule has 0 bridgehead atoms. The van der Waals surface area contributed by atoms with Crippen LogP contribution in [0.3, 0.4) is 0 Å². The monoisotopic (exact) mass is 586 g/mol. The zero-order valence-corrected chi connectivity index (χ0v) is 24.8. The molecule has 2 aliphatic heterocycles. The van der Waals surface area contributed by atoms with E-state index in [1.165, 1.54) is 4.90 Å². The van der Waals surface area contributed by atoms with Gasteiger partial charge in [0.1, 0.15) is 11.2 Å². The van der Waals surface area contributed by atoms with E-state index in [1.54, 1.807) is 11.1 Å². The minimum Gasteiger partial charge on any atom is -0.444 e. The number of rotatable bonds is 4. The Morgan fingerprint density at radius 1 is 1.07 bits per heavy atom. The smallest absolute Gasteiger partial charge is 0.426 e. The molecule has 3 aromatic rings. The second-order valence-corrected chi connectivity index (χ2v) is 12.3. The van der Waals surface area contributed by atoms with Crippen molar-refractivity contribution in [2.24, 2.45) is 0 Å². The number of benzene rings is 1. The Hall–Kier alpha value is -3.60. The second-order valence-electron chi connectivity index (χ2n) is 12.3. The molecule has 0 spiro atoms. The summed E-state index contributed by atoms with van der Waals surface area (Å²) in [4.78, 5) is 37.2. The predicted molar refractivity (Wildman–Crippen MR) is 152 cm³/mol. The van der Waals surface area contributed by atoms with E-state index in [0.717, 1.165) is 64.9 Å². The Morgan fingerprint density at radius 3 is 2.48 bits per heavy atom. The number of aromatic amines is 1. The van der Waals surface area contributed by atoms with Gasteiger partial charge in [0.25, 0.3) is 5.91 Å². The first-order valence-electron chi connectivity index (χ1n) is 14.1. The number of carbonyl (C=O) groups excluding carboxylic acids is 2. The van der Waals surface area contributed by atoms with Gasteiger partial charge < -0.3 is 24.3 Å². The number of hydrogen-bond acceptors (Lipinski definition) is 5. The number of nitrogens with zero attached hydrogens (tertiary/aromatic N) is 3. The van der Waals surface area contributed by atoms with E-state index in [9.17, 15) is 22.8 Å². The Morgan fingerprint density at radius 2 is 1.81 bits per heavy atom. The van der Waals surface area contributed by atoms with Gasteiger partial charge in [0, 0.05) is 50.1 Å². The van der Waals surface area contributed by atoms with Crippen molar-refractivity contribution < 1.29 is 32.2 Å². The number of methoxy groups -OCH3 is 1. The first-order chi connectivity index (χ1) is 19.6. The topological polar surface area (TPSA) is 87.8 Å². The third kappa shape index (κ3) is 5.34. The molecule has 1 N–H and O–H groups in total. The molecule has 4 heterocycles. The van der Waals surface area contributed by atoms with E-state index in [-0.39, 0.29) is 19.1 Å². The number of aromatic nitrogens is 2. The zero-order valence-electron chi connectivity index (χ0n) is 24.8. The number of H-pyrrole nitrogens is 1. The van der Waals surface area contributed by atoms with Crippen LogP contribution in [0.5, 0.6) is 0 Å². The summed E-state index contributed by atoms with van der Waals surface area (Å²) in [6, 6.07) is 5.72. The van der Waals surface area contributed by atoms with Crippen LogP contribution in [0.2, 0.25) is 0 Å². The minimum atomic E-state index is -4.88. The molecule has 11 heteroatoms. The molecule has 5 rings (SSSR count). The second kappa shape index (κ2) is 10.6. The van der Waals surface area contributed by atoms with Crippen LogP contribution in [0.15, 0.2) is 30.6 Å². The van der Waals surface area contributed by atoms with Crippen molar-refractivity contribution in [3.63, 3.8) is 0 Å². The highest BCUT2D eigenvalue weighted by molar-refractivity contribution is 5.87. The maximum absolute atomic E-state index is 13.9. The highest BCUT2D eigenvalue weighted by atomic mass is 19.4. The first-order valence-corrected chi connectivity index (χ1v) is 14.1. The van der Waals surface area contributed by atoms with Crippen molar-refractivity contribution in [1.29, 1.82) is 0 Å². The molecule has 0 aliphatic carbocycles. The SMILES string of the molecule is COC(C)(C(=O)N1CCc2cc(-c3cnc4[nH]cc(C)c4c3)cc(C3CCCN3C(=O)OC(C)(C)C)c2C1)C(F)(F)F. The minimum absolute atomic E-state index is 0.0222. The largest absolute Gasteiger partial charge is 0.444 e. The van der Waals surface area contributed by atoms with E-state index in [0.29, 0.717) is 19.4 Å². The molecule has 1 saturated heterocycles. The third-order valence-corrected chi connectivity index (χ3v) is 8.33. The quantitative estimate of drug-likeness (QED) is 0.379. The lowest BCUT2D eigenvalue weighted by Crippen LogP contribution is -2.58. The van der Waals surface area contributed by atoms with Crippen molar-refractivity contribution in [3.05, 3.63) is 52.8 Å². The lowest BCUT2D eigenvalue weighted by molar-refractivity contribution is -0.258. The Kier molecular flexibility index (Phi) is 7.53. The first kappa shape index (κ1) is 29.9. The van der Waals surface area contributed by atoms with Gasteiger partial charge in [-0.1, -0.05) is 6.07 Å². The van der Waals surface area contributed by atoms with Gasteiger partial charge in [0.05, 0.1) is 6.04 Å². The molecular formula is C31H37F3N4O4. The number of likely N-dealkylation sites (tertiary alicyclic amines) is 1. The fourth-order valence-corrected chi connectivity index (χ4v) is 5.88. The van der Waals surface area contributed by atoms with E-state index in [4.69, 9.17) is 9.47 Å². The van der Waals surface area contributed by atoms with E-state index in [2.05, 4.69) is 16.0 Å². The lowest BCUT2D eigenvalue weighted by Gasteiger charge is -2.39. The number of carbonyl (C=O) groups is 2. The maximum atomic E-state index is 13.9. The Bertz CT molecular complexity index is 1530. The van der Waals surface area contributed by atoms with Gasteiger partial charge in [-0.15, -0.1) is 0 Å². The number of hydrogen-bond donors (Lipinski definition) is 1. The van der Waals surface area contributed by atoms with Crippen molar-refractivity contribution in [2.45, 2.75) is 83.8 Å². The Labute approximate surface area is 243 Å². The van der Waals surface area contributed by atoms with Gasteiger partial charge in [-0.2, -0.15) is 13.2 Å². The van der Waals surface area contributed by atoms with Crippen molar-refractivity contribution in [1.82, 2.24) is 19.8 Å². The fourth-order valence-electron chi connectivity index (χ4n) is 5.88. The highest BCUT2D eigenvalue weighted by Crippen LogP contribution is 2.42. The number of nitrogens with one attached hydrogen (secondary N) is 1. The van der Waals surface area contributed by atoms with Gasteiger partial charge in [-0.05, 0) is 93.8 Å². The Balaban J connectivity index is 1.60. The van der Waals surface area contributed by atoms with Gasteiger partial charge in [0.15, 0.2) is 0 Å². The van der Waals surface area contributed by atoms with Crippen molar-refractivity contribution in [2.75, 3.05) is 20.2 Å². The summed E-state index contributed by atoms with van der Waals surface area (Å²) in [7, 11) is 0.898. The van der Waals surface area contributed by atoms with Gasteiger partial charge in [-0.25, -0.2) is 9.78 Å². The summed E-state index contributed by atoms with van der Waals surface area (Å²) in [5.74, 6) is -1.13. The van der Waals surface area contributed by atoms with Crippen LogP contribution >= 0.6 is 0 Å². The van der Waals surface area contributed by atoms with Crippen LogP contribution in [0.1, 0.15) is 68.8 Å². The number of alkyl halides is 3. The van der Waals surface area contributed by atoms with E-state index >= 15 is 0 Å². The van der Waals surface area contributed by atoms with E-state index in [1.807, 2.05) is 46.0 Å². The van der Waals surface area contributed by atoms with Crippen LogP contribution < -0.4 is 0 Å². The standard InChI is InChI=1S/C31H37F3N4O4/c1-18-15-35-26-22(18)14-21(16-36-26)20-12-19-9-11-37(27(39)30(5,41-6)31(32,33)34)17-24(19)23(13-20)25-8-7-10-38(25)28(40)42-29(2,3)4/h12-16,25H,7-11,17H2,1-6H3,(H,35,36). The molecule has 8 nitrogen and oxygen atoms in total. The molecule has 2 aliphatic rings. The molecule has 2 amide bonds. The average Bonchev–Trinajstić information content (AvgIpc) is 3.56. The summed E-state index contributed by atoms with van der Waals surface area (Å²) in [5, 5.41) is 0.991. The number of ether oxygens (including phenoxy) is 2. The molecule has 2 atom stereocenters. The number of pyridine rings is 1. The molecule has 226 valence electrons. The highest BCUT2D eigenvalue weighted by Gasteiger charge is 2.59. The van der Waals surface area contributed by atoms with Crippen LogP contribution in [0.4, 0.5) is 18.0 Å². The summed E-state index contributed by atoms with van der Waals surface area (Å²) in [6.07, 6.45) is 0.132. The van der Waals surface area contributed by atoms with Crippen LogP contribution in [-0.4, -0.2) is 69.3 Å². The molecule has 0 saturated carbocycles. The average molecular weight is 587 g/mol. The summed E-state index contributed by atoms with van der Waals surface area (Å²) in [6.45, 7) is 8.77. The molecule has 1 aromatic carbocycles. The van der Waals surface area contributed by atoms with Crippen molar-refractivity contribution in [3.8, 4) is 11.1 Å². The molecule has 42 heavy (non-hydrogen) atoms. The summed E-state index contributed by atoms with van der Waals surface area (Å²) < 4.78 is 52.2. The summed E-state index contributed by atoms with van der Waals surface area (Å²) in [5.41, 5.74) is 2.46. The van der Waals surface area contributed by atoms with Gasteiger partial charge in [0.2, 0.25) is 5.60 Å². The lowest BCUT2D eigenvalue weighted by atomic mass is 9.86. The van der Waals surface area contributed by atoms with Crippen LogP contribution in [0, 0.1) is 6.92 Å². The van der Waals surface area contributed by atoms with Gasteiger partial charge >= 0.3 is 12.3 Å². The molecule has 1 fully saturated rings. The molecule has 0 radical (unpaired) electrons. The summed E-state index contributed by atoms with van der Waals surface area (Å²) >= 11 is 0. The third-order valence-electron chi connectivity index (χ3n) is 8.33. The fraction of sp³-hybridized carbons (Fsp3) is 0.516. The maximum Gasteiger partial charge on any atom is 0.426 e.